The van der Waals surface area contributed by atoms with Crippen molar-refractivity contribution in [3.05, 3.63) is 48.8 Å². The van der Waals surface area contributed by atoms with Gasteiger partial charge in [-0.05, 0) is 56.4 Å². The minimum absolute atomic E-state index is 0.635. The Kier molecular flexibility index (Phi) is 10.7. The summed E-state index contributed by atoms with van der Waals surface area (Å²) in [4.78, 5) is 8.79. The molecule has 152 valence electrons. The Morgan fingerprint density at radius 3 is 2.21 bits per heavy atom. The first-order valence-corrected chi connectivity index (χ1v) is 10.2. The maximum absolute atomic E-state index is 5.77. The van der Waals surface area contributed by atoms with Crippen molar-refractivity contribution < 1.29 is 14.2 Å². The van der Waals surface area contributed by atoms with Crippen LogP contribution in [0, 0.1) is 0 Å². The van der Waals surface area contributed by atoms with Gasteiger partial charge in [-0.2, -0.15) is 0 Å². The molecule has 0 radical (unpaired) electrons. The van der Waals surface area contributed by atoms with Crippen molar-refractivity contribution in [3.63, 3.8) is 0 Å². The van der Waals surface area contributed by atoms with Gasteiger partial charge >= 0.3 is 0 Å². The van der Waals surface area contributed by atoms with Crippen LogP contribution in [-0.2, 0) is 4.74 Å². The molecule has 0 fully saturated rings. The third kappa shape index (κ3) is 8.53. The van der Waals surface area contributed by atoms with Crippen LogP contribution in [0.1, 0.15) is 46.0 Å². The normalized spacial score (nSPS) is 11.1. The average Bonchev–Trinajstić information content (AvgIpc) is 2.74. The van der Waals surface area contributed by atoms with Crippen molar-refractivity contribution in [2.24, 2.45) is 0 Å². The predicted molar refractivity (Wildman–Crippen MR) is 113 cm³/mol. The molecular formula is C23H32N2O3. The van der Waals surface area contributed by atoms with Crippen molar-refractivity contribution in [1.29, 1.82) is 0 Å². The predicted octanol–water partition coefficient (Wildman–Crippen LogP) is 5.46. The third-order valence-electron chi connectivity index (χ3n) is 4.00. The van der Waals surface area contributed by atoms with Gasteiger partial charge in [0, 0.05) is 18.8 Å². The lowest BCUT2D eigenvalue weighted by Gasteiger charge is -2.08. The van der Waals surface area contributed by atoms with Gasteiger partial charge < -0.3 is 14.2 Å². The Hall–Kier alpha value is -2.40. The Labute approximate surface area is 168 Å². The maximum atomic E-state index is 5.77. The molecule has 0 bridgehead atoms. The van der Waals surface area contributed by atoms with Crippen LogP contribution in [0.25, 0.3) is 11.4 Å². The van der Waals surface area contributed by atoms with E-state index in [1.165, 1.54) is 0 Å². The summed E-state index contributed by atoms with van der Waals surface area (Å²) in [6.07, 6.45) is 12.7. The zero-order valence-corrected chi connectivity index (χ0v) is 17.1. The zero-order valence-electron chi connectivity index (χ0n) is 17.1. The second kappa shape index (κ2) is 13.7. The van der Waals surface area contributed by atoms with E-state index in [2.05, 4.69) is 36.0 Å². The highest BCUT2D eigenvalue weighted by atomic mass is 16.5. The fourth-order valence-electron chi connectivity index (χ4n) is 2.51. The molecule has 0 aliphatic rings. The zero-order chi connectivity index (χ0) is 19.9. The Balaban J connectivity index is 1.72. The molecule has 0 amide bonds. The van der Waals surface area contributed by atoms with Gasteiger partial charge in [-0.15, -0.1) is 0 Å². The van der Waals surface area contributed by atoms with Gasteiger partial charge in [-0.3, -0.25) is 0 Å². The van der Waals surface area contributed by atoms with E-state index in [1.54, 1.807) is 12.4 Å². The summed E-state index contributed by atoms with van der Waals surface area (Å²) in [5.41, 5.74) is 0.956. The molecule has 0 saturated carbocycles. The van der Waals surface area contributed by atoms with E-state index in [4.69, 9.17) is 14.2 Å². The van der Waals surface area contributed by atoms with Crippen molar-refractivity contribution in [3.8, 4) is 22.9 Å². The summed E-state index contributed by atoms with van der Waals surface area (Å²) in [7, 11) is 0. The van der Waals surface area contributed by atoms with E-state index in [0.717, 1.165) is 56.6 Å². The molecule has 0 spiro atoms. The number of benzene rings is 1. The molecule has 28 heavy (non-hydrogen) atoms. The highest BCUT2D eigenvalue weighted by molar-refractivity contribution is 5.56. The van der Waals surface area contributed by atoms with Crippen molar-refractivity contribution in [1.82, 2.24) is 9.97 Å². The van der Waals surface area contributed by atoms with Crippen LogP contribution >= 0.6 is 0 Å². The standard InChI is InChI=1S/C23H32N2O3/c1-3-5-6-7-16-28-22-18-24-23(25-19-22)20-10-12-21(13-11-20)27-17-9-8-15-26-14-4-2/h5-6,10-13,18-19H,3-4,7-9,14-17H2,1-2H3. The largest absolute Gasteiger partial charge is 0.494 e. The van der Waals surface area contributed by atoms with Crippen molar-refractivity contribution in [2.75, 3.05) is 26.4 Å². The number of allylic oxidation sites excluding steroid dienone is 1. The van der Waals surface area contributed by atoms with Crippen LogP contribution in [0.4, 0.5) is 0 Å². The molecule has 1 aromatic heterocycles. The molecule has 2 aromatic rings. The molecule has 5 nitrogen and oxygen atoms in total. The number of rotatable bonds is 14. The van der Waals surface area contributed by atoms with Gasteiger partial charge in [0.25, 0.3) is 0 Å². The maximum Gasteiger partial charge on any atom is 0.159 e. The Morgan fingerprint density at radius 1 is 0.786 bits per heavy atom. The van der Waals surface area contributed by atoms with Gasteiger partial charge in [-0.25, -0.2) is 9.97 Å². The molecule has 0 aliphatic carbocycles. The van der Waals surface area contributed by atoms with Crippen molar-refractivity contribution >= 4 is 0 Å². The Bertz CT molecular complexity index is 669. The minimum atomic E-state index is 0.635. The first-order valence-electron chi connectivity index (χ1n) is 10.2. The molecule has 0 atom stereocenters. The monoisotopic (exact) mass is 384 g/mol. The van der Waals surface area contributed by atoms with Crippen LogP contribution in [0.3, 0.4) is 0 Å². The fraction of sp³-hybridized carbons (Fsp3) is 0.478. The van der Waals surface area contributed by atoms with E-state index in [0.29, 0.717) is 24.8 Å². The second-order valence-electron chi connectivity index (χ2n) is 6.45. The summed E-state index contributed by atoms with van der Waals surface area (Å²) in [6.45, 7) is 7.22. The average molecular weight is 385 g/mol. The summed E-state index contributed by atoms with van der Waals surface area (Å²) < 4.78 is 16.9. The van der Waals surface area contributed by atoms with E-state index in [9.17, 15) is 0 Å². The summed E-state index contributed by atoms with van der Waals surface area (Å²) in [5, 5.41) is 0. The van der Waals surface area contributed by atoms with Gasteiger partial charge in [0.05, 0.1) is 25.6 Å². The SMILES string of the molecule is CCC=CCCOc1cnc(-c2ccc(OCCCCOCCC)cc2)nc1. The van der Waals surface area contributed by atoms with Crippen LogP contribution < -0.4 is 9.47 Å². The van der Waals surface area contributed by atoms with E-state index < -0.39 is 0 Å². The number of nitrogens with zero attached hydrogens (tertiary/aromatic N) is 2. The molecule has 0 unspecified atom stereocenters. The Morgan fingerprint density at radius 2 is 1.50 bits per heavy atom. The van der Waals surface area contributed by atoms with Crippen LogP contribution in [-0.4, -0.2) is 36.4 Å². The minimum Gasteiger partial charge on any atom is -0.494 e. The second-order valence-corrected chi connectivity index (χ2v) is 6.45. The molecule has 0 N–H and O–H groups in total. The van der Waals surface area contributed by atoms with E-state index >= 15 is 0 Å². The van der Waals surface area contributed by atoms with Crippen molar-refractivity contribution in [2.45, 2.75) is 46.0 Å². The van der Waals surface area contributed by atoms with E-state index in [1.807, 2.05) is 24.3 Å². The lowest BCUT2D eigenvalue weighted by Crippen LogP contribution is -2.01. The molecule has 1 aromatic carbocycles. The number of hydrogen-bond acceptors (Lipinski definition) is 5. The molecule has 0 aliphatic heterocycles. The first kappa shape index (κ1) is 21.9. The number of unbranched alkanes of at least 4 members (excludes halogenated alkanes) is 1. The number of aromatic nitrogens is 2. The third-order valence-corrected chi connectivity index (χ3v) is 4.00. The first-order chi connectivity index (χ1) is 13.8. The number of hydrogen-bond donors (Lipinski definition) is 0. The lowest BCUT2D eigenvalue weighted by molar-refractivity contribution is 0.127. The lowest BCUT2D eigenvalue weighted by atomic mass is 10.2. The number of ether oxygens (including phenoxy) is 3. The van der Waals surface area contributed by atoms with Gasteiger partial charge in [0.15, 0.2) is 11.6 Å². The summed E-state index contributed by atoms with van der Waals surface area (Å²) in [6, 6.07) is 7.86. The molecule has 1 heterocycles. The van der Waals surface area contributed by atoms with E-state index in [-0.39, 0.29) is 0 Å². The van der Waals surface area contributed by atoms with Gasteiger partial charge in [-0.1, -0.05) is 26.0 Å². The highest BCUT2D eigenvalue weighted by Gasteiger charge is 2.03. The topological polar surface area (TPSA) is 53.5 Å². The van der Waals surface area contributed by atoms with Crippen LogP contribution in [0.2, 0.25) is 0 Å². The summed E-state index contributed by atoms with van der Waals surface area (Å²) in [5.74, 6) is 2.23. The summed E-state index contributed by atoms with van der Waals surface area (Å²) >= 11 is 0. The molecule has 2 rings (SSSR count). The smallest absolute Gasteiger partial charge is 0.159 e. The van der Waals surface area contributed by atoms with Crippen LogP contribution in [0.5, 0.6) is 11.5 Å². The molecular weight excluding hydrogens is 352 g/mol. The molecule has 5 heteroatoms. The fourth-order valence-corrected chi connectivity index (χ4v) is 2.51. The molecule has 0 saturated heterocycles. The quantitative estimate of drug-likeness (QED) is 0.319. The van der Waals surface area contributed by atoms with Crippen LogP contribution in [0.15, 0.2) is 48.8 Å². The van der Waals surface area contributed by atoms with Gasteiger partial charge in [0.2, 0.25) is 0 Å². The van der Waals surface area contributed by atoms with Gasteiger partial charge in [0.1, 0.15) is 5.75 Å². The highest BCUT2D eigenvalue weighted by Crippen LogP contribution is 2.20.